The average Bonchev–Trinajstić information content (AvgIpc) is 2.69. The van der Waals surface area contributed by atoms with Crippen LogP contribution in [-0.4, -0.2) is 48.1 Å². The molecule has 1 aliphatic heterocycles. The van der Waals surface area contributed by atoms with Gasteiger partial charge in [-0.05, 0) is 42.7 Å². The number of nitrogens with zero attached hydrogens (tertiary/aromatic N) is 1. The maximum absolute atomic E-state index is 12.4. The van der Waals surface area contributed by atoms with Gasteiger partial charge < -0.3 is 20.1 Å². The monoisotopic (exact) mass is 368 g/mol. The summed E-state index contributed by atoms with van der Waals surface area (Å²) < 4.78 is 5.21. The van der Waals surface area contributed by atoms with E-state index in [2.05, 4.69) is 5.32 Å². The fourth-order valence-corrected chi connectivity index (χ4v) is 3.14. The molecule has 1 aliphatic rings. The lowest BCUT2D eigenvalue weighted by Gasteiger charge is -2.29. The number of methoxy groups -OCH3 is 1. The molecule has 0 radical (unpaired) electrons. The predicted octanol–water partition coefficient (Wildman–Crippen LogP) is 2.47. The maximum Gasteiger partial charge on any atom is 0.259 e. The van der Waals surface area contributed by atoms with Crippen LogP contribution in [-0.2, 0) is 11.2 Å². The number of carbonyl (C=O) groups is 2. The summed E-state index contributed by atoms with van der Waals surface area (Å²) in [5, 5.41) is 12.4. The first-order valence-electron chi connectivity index (χ1n) is 9.06. The number of aliphatic hydroxyl groups excluding tert-OH is 1. The molecule has 2 aromatic rings. The SMILES string of the molecule is COc1ccccc1C(=O)Nc1ccc(CC(=O)N2CCC(O)CC2)cc1. The van der Waals surface area contributed by atoms with Gasteiger partial charge in [-0.15, -0.1) is 0 Å². The Labute approximate surface area is 158 Å². The van der Waals surface area contributed by atoms with Gasteiger partial charge in [0.2, 0.25) is 5.91 Å². The second-order valence-corrected chi connectivity index (χ2v) is 6.64. The predicted molar refractivity (Wildman–Crippen MR) is 103 cm³/mol. The molecule has 6 nitrogen and oxygen atoms in total. The summed E-state index contributed by atoms with van der Waals surface area (Å²) in [5.41, 5.74) is 2.01. The number of carbonyl (C=O) groups excluding carboxylic acids is 2. The molecule has 1 saturated heterocycles. The minimum absolute atomic E-state index is 0.0627. The Balaban J connectivity index is 1.58. The van der Waals surface area contributed by atoms with E-state index < -0.39 is 0 Å². The normalized spacial score (nSPS) is 14.7. The third kappa shape index (κ3) is 4.86. The van der Waals surface area contributed by atoms with E-state index in [0.29, 0.717) is 49.4 Å². The fourth-order valence-electron chi connectivity index (χ4n) is 3.14. The molecule has 0 aliphatic carbocycles. The summed E-state index contributed by atoms with van der Waals surface area (Å²) in [6.45, 7) is 1.21. The first-order valence-corrected chi connectivity index (χ1v) is 9.06. The van der Waals surface area contributed by atoms with E-state index >= 15 is 0 Å². The van der Waals surface area contributed by atoms with Gasteiger partial charge in [-0.2, -0.15) is 0 Å². The molecule has 0 spiro atoms. The Morgan fingerprint density at radius 3 is 2.44 bits per heavy atom. The molecule has 142 valence electrons. The van der Waals surface area contributed by atoms with Crippen molar-refractivity contribution >= 4 is 17.5 Å². The third-order valence-electron chi connectivity index (χ3n) is 4.74. The van der Waals surface area contributed by atoms with Crippen molar-refractivity contribution in [3.8, 4) is 5.75 Å². The lowest BCUT2D eigenvalue weighted by Crippen LogP contribution is -2.40. The number of anilines is 1. The number of para-hydroxylation sites is 1. The number of likely N-dealkylation sites (tertiary alicyclic amines) is 1. The second-order valence-electron chi connectivity index (χ2n) is 6.64. The Morgan fingerprint density at radius 1 is 1.11 bits per heavy atom. The standard InChI is InChI=1S/C21H24N2O4/c1-27-19-5-3-2-4-18(19)21(26)22-16-8-6-15(7-9-16)14-20(25)23-12-10-17(24)11-13-23/h2-9,17,24H,10-14H2,1H3,(H,22,26). The third-order valence-corrected chi connectivity index (χ3v) is 4.74. The van der Waals surface area contributed by atoms with Gasteiger partial charge in [-0.3, -0.25) is 9.59 Å². The van der Waals surface area contributed by atoms with Gasteiger partial charge in [0, 0.05) is 18.8 Å². The average molecular weight is 368 g/mol. The van der Waals surface area contributed by atoms with Crippen molar-refractivity contribution in [3.63, 3.8) is 0 Å². The number of aliphatic hydroxyl groups is 1. The molecule has 0 unspecified atom stereocenters. The van der Waals surface area contributed by atoms with E-state index in [1.54, 1.807) is 35.2 Å². The zero-order valence-corrected chi connectivity index (χ0v) is 15.4. The van der Waals surface area contributed by atoms with Crippen LogP contribution in [0.4, 0.5) is 5.69 Å². The molecular weight excluding hydrogens is 344 g/mol. The molecule has 0 bridgehead atoms. The van der Waals surface area contributed by atoms with Crippen LogP contribution in [0.5, 0.6) is 5.75 Å². The molecule has 2 N–H and O–H groups in total. The van der Waals surface area contributed by atoms with E-state index in [0.717, 1.165) is 5.56 Å². The van der Waals surface area contributed by atoms with E-state index in [4.69, 9.17) is 4.74 Å². The minimum atomic E-state index is -0.291. The van der Waals surface area contributed by atoms with Gasteiger partial charge in [-0.1, -0.05) is 24.3 Å². The molecular formula is C21H24N2O4. The molecule has 1 fully saturated rings. The van der Waals surface area contributed by atoms with Crippen LogP contribution in [0.3, 0.4) is 0 Å². The van der Waals surface area contributed by atoms with E-state index in [9.17, 15) is 14.7 Å². The number of rotatable bonds is 5. The van der Waals surface area contributed by atoms with Crippen LogP contribution in [0.2, 0.25) is 0 Å². The van der Waals surface area contributed by atoms with Gasteiger partial charge in [0.25, 0.3) is 5.91 Å². The topological polar surface area (TPSA) is 78.9 Å². The van der Waals surface area contributed by atoms with E-state index in [-0.39, 0.29) is 17.9 Å². The number of hydrogen-bond donors (Lipinski definition) is 2. The van der Waals surface area contributed by atoms with Gasteiger partial charge >= 0.3 is 0 Å². The molecule has 0 atom stereocenters. The summed E-state index contributed by atoms with van der Waals surface area (Å²) in [6, 6.07) is 14.3. The highest BCUT2D eigenvalue weighted by atomic mass is 16.5. The zero-order valence-electron chi connectivity index (χ0n) is 15.4. The van der Waals surface area contributed by atoms with Crippen LogP contribution < -0.4 is 10.1 Å². The summed E-state index contributed by atoms with van der Waals surface area (Å²) in [5.74, 6) is 0.333. The Hall–Kier alpha value is -2.86. The Kier molecular flexibility index (Phi) is 6.08. The van der Waals surface area contributed by atoms with Crippen LogP contribution >= 0.6 is 0 Å². The number of amides is 2. The van der Waals surface area contributed by atoms with Crippen LogP contribution in [0.1, 0.15) is 28.8 Å². The molecule has 2 aromatic carbocycles. The molecule has 27 heavy (non-hydrogen) atoms. The van der Waals surface area contributed by atoms with Crippen molar-refractivity contribution in [2.75, 3.05) is 25.5 Å². The van der Waals surface area contributed by atoms with Crippen molar-refractivity contribution in [2.24, 2.45) is 0 Å². The summed E-state index contributed by atoms with van der Waals surface area (Å²) in [6.07, 6.45) is 1.30. The zero-order chi connectivity index (χ0) is 19.2. The second kappa shape index (κ2) is 8.68. The smallest absolute Gasteiger partial charge is 0.259 e. The van der Waals surface area contributed by atoms with Crippen molar-refractivity contribution in [2.45, 2.75) is 25.4 Å². The summed E-state index contributed by atoms with van der Waals surface area (Å²) >= 11 is 0. The largest absolute Gasteiger partial charge is 0.496 e. The van der Waals surface area contributed by atoms with Gasteiger partial charge in [0.15, 0.2) is 0 Å². The first-order chi connectivity index (χ1) is 13.1. The summed E-state index contributed by atoms with van der Waals surface area (Å²) in [7, 11) is 1.53. The molecule has 1 heterocycles. The van der Waals surface area contributed by atoms with E-state index in [1.165, 1.54) is 7.11 Å². The van der Waals surface area contributed by atoms with Crippen molar-refractivity contribution in [3.05, 3.63) is 59.7 Å². The highest BCUT2D eigenvalue weighted by molar-refractivity contribution is 6.06. The van der Waals surface area contributed by atoms with Gasteiger partial charge in [-0.25, -0.2) is 0 Å². The number of ether oxygens (including phenoxy) is 1. The van der Waals surface area contributed by atoms with E-state index in [1.807, 2.05) is 18.2 Å². The minimum Gasteiger partial charge on any atom is -0.496 e. The number of benzene rings is 2. The maximum atomic E-state index is 12.4. The molecule has 6 heteroatoms. The molecule has 0 saturated carbocycles. The highest BCUT2D eigenvalue weighted by Crippen LogP contribution is 2.20. The molecule has 0 aromatic heterocycles. The number of hydrogen-bond acceptors (Lipinski definition) is 4. The Bertz CT molecular complexity index is 796. The lowest BCUT2D eigenvalue weighted by molar-refractivity contribution is -0.132. The highest BCUT2D eigenvalue weighted by Gasteiger charge is 2.21. The fraction of sp³-hybridized carbons (Fsp3) is 0.333. The lowest BCUT2D eigenvalue weighted by atomic mass is 10.1. The Morgan fingerprint density at radius 2 is 1.78 bits per heavy atom. The molecule has 3 rings (SSSR count). The number of piperidine rings is 1. The first kappa shape index (κ1) is 18.9. The van der Waals surface area contributed by atoms with Crippen molar-refractivity contribution in [1.82, 2.24) is 4.90 Å². The van der Waals surface area contributed by atoms with Crippen LogP contribution in [0.25, 0.3) is 0 Å². The van der Waals surface area contributed by atoms with Crippen LogP contribution in [0.15, 0.2) is 48.5 Å². The van der Waals surface area contributed by atoms with Crippen molar-refractivity contribution < 1.29 is 19.4 Å². The number of nitrogens with one attached hydrogen (secondary N) is 1. The van der Waals surface area contributed by atoms with Crippen molar-refractivity contribution in [1.29, 1.82) is 0 Å². The van der Waals surface area contributed by atoms with Gasteiger partial charge in [0.1, 0.15) is 5.75 Å². The molecule has 2 amide bonds. The van der Waals surface area contributed by atoms with Gasteiger partial charge in [0.05, 0.1) is 25.2 Å². The quantitative estimate of drug-likeness (QED) is 0.850. The van der Waals surface area contributed by atoms with Crippen LogP contribution in [0, 0.1) is 0 Å². The summed E-state index contributed by atoms with van der Waals surface area (Å²) in [4.78, 5) is 26.6.